The Hall–Kier alpha value is -0.170. The maximum absolute atomic E-state index is 11.3. The molecule has 0 aliphatic rings. The van der Waals surface area contributed by atoms with Crippen LogP contribution in [-0.2, 0) is 10.0 Å². The molecule has 5 nitrogen and oxygen atoms in total. The summed E-state index contributed by atoms with van der Waals surface area (Å²) in [7, 11) is 0.815. The molecule has 0 aliphatic carbocycles. The van der Waals surface area contributed by atoms with Crippen molar-refractivity contribution >= 4 is 10.0 Å². The summed E-state index contributed by atoms with van der Waals surface area (Å²) in [6, 6.07) is 0. The Kier molecular flexibility index (Phi) is 7.95. The summed E-state index contributed by atoms with van der Waals surface area (Å²) in [4.78, 5) is 2.07. The molecule has 0 aromatic carbocycles. The van der Waals surface area contributed by atoms with Gasteiger partial charge in [0.2, 0.25) is 10.0 Å². The average Bonchev–Trinajstić information content (AvgIpc) is 2.14. The number of rotatable bonds is 9. The van der Waals surface area contributed by atoms with E-state index in [1.807, 2.05) is 14.1 Å². The molecule has 0 aromatic heterocycles. The molecule has 0 fully saturated rings. The molecule has 0 saturated heterocycles. The maximum atomic E-state index is 11.3. The quantitative estimate of drug-likeness (QED) is 0.538. The molecule has 2 N–H and O–H groups in total. The highest BCUT2D eigenvalue weighted by Crippen LogP contribution is 1.92. The Labute approximate surface area is 92.5 Å². The van der Waals surface area contributed by atoms with Crippen molar-refractivity contribution in [1.29, 1.82) is 0 Å². The lowest BCUT2D eigenvalue weighted by Crippen LogP contribution is -2.28. The van der Waals surface area contributed by atoms with Crippen molar-refractivity contribution in [2.45, 2.75) is 19.3 Å². The summed E-state index contributed by atoms with van der Waals surface area (Å²) in [5.41, 5.74) is 0. The lowest BCUT2D eigenvalue weighted by Gasteiger charge is -2.09. The van der Waals surface area contributed by atoms with Crippen molar-refractivity contribution in [3.63, 3.8) is 0 Å². The van der Waals surface area contributed by atoms with Crippen LogP contribution in [0.4, 0.5) is 0 Å². The fourth-order valence-corrected chi connectivity index (χ4v) is 2.22. The Morgan fingerprint density at radius 3 is 2.40 bits per heavy atom. The molecule has 0 atom stereocenters. The largest absolute Gasteiger partial charge is 0.396 e. The molecule has 15 heavy (non-hydrogen) atoms. The number of aliphatic hydroxyl groups excluding tert-OH is 1. The first kappa shape index (κ1) is 14.8. The number of aliphatic hydroxyl groups is 1. The molecule has 6 heteroatoms. The highest BCUT2D eigenvalue weighted by atomic mass is 32.2. The first-order valence-electron chi connectivity index (χ1n) is 5.21. The maximum Gasteiger partial charge on any atom is 0.211 e. The van der Waals surface area contributed by atoms with Crippen LogP contribution in [0.2, 0.25) is 0 Å². The van der Waals surface area contributed by atoms with Gasteiger partial charge >= 0.3 is 0 Å². The molecule has 0 spiro atoms. The van der Waals surface area contributed by atoms with Crippen molar-refractivity contribution in [1.82, 2.24) is 9.62 Å². The van der Waals surface area contributed by atoms with E-state index in [4.69, 9.17) is 5.11 Å². The smallest absolute Gasteiger partial charge is 0.211 e. The molecule has 0 saturated carbocycles. The topological polar surface area (TPSA) is 69.6 Å². The van der Waals surface area contributed by atoms with Gasteiger partial charge in [-0.15, -0.1) is 0 Å². The number of nitrogens with one attached hydrogen (secondary N) is 1. The summed E-state index contributed by atoms with van der Waals surface area (Å²) in [5.74, 6) is 0.0111. The first-order chi connectivity index (χ1) is 6.98. The second kappa shape index (κ2) is 8.04. The summed E-state index contributed by atoms with van der Waals surface area (Å²) < 4.78 is 25.0. The zero-order valence-corrected chi connectivity index (χ0v) is 10.4. The minimum absolute atomic E-state index is 0.0111. The van der Waals surface area contributed by atoms with Gasteiger partial charge in [0.05, 0.1) is 5.75 Å². The molecule has 0 rings (SSSR count). The molecule has 0 radical (unpaired) electrons. The van der Waals surface area contributed by atoms with Crippen LogP contribution in [-0.4, -0.2) is 58.0 Å². The average molecular weight is 238 g/mol. The number of sulfonamides is 1. The minimum Gasteiger partial charge on any atom is -0.396 e. The molecular weight excluding hydrogens is 216 g/mol. The van der Waals surface area contributed by atoms with Crippen LogP contribution in [0.15, 0.2) is 0 Å². The van der Waals surface area contributed by atoms with Gasteiger partial charge in [-0.1, -0.05) is 0 Å². The van der Waals surface area contributed by atoms with Gasteiger partial charge in [0.1, 0.15) is 0 Å². The third kappa shape index (κ3) is 10.1. The van der Waals surface area contributed by atoms with Crippen molar-refractivity contribution in [2.24, 2.45) is 0 Å². The fourth-order valence-electron chi connectivity index (χ4n) is 1.11. The van der Waals surface area contributed by atoms with Crippen molar-refractivity contribution in [3.8, 4) is 0 Å². The van der Waals surface area contributed by atoms with Gasteiger partial charge in [-0.05, 0) is 39.9 Å². The molecular formula is C9H22N2O3S. The molecule has 92 valence electrons. The van der Waals surface area contributed by atoms with E-state index in [1.54, 1.807) is 0 Å². The zero-order valence-electron chi connectivity index (χ0n) is 9.57. The molecule has 0 bridgehead atoms. The van der Waals surface area contributed by atoms with Crippen LogP contribution >= 0.6 is 0 Å². The van der Waals surface area contributed by atoms with E-state index >= 15 is 0 Å². The lowest BCUT2D eigenvalue weighted by molar-refractivity contribution is 0.295. The van der Waals surface area contributed by atoms with Crippen molar-refractivity contribution < 1.29 is 13.5 Å². The fraction of sp³-hybridized carbons (Fsp3) is 1.00. The molecule has 0 aliphatic heterocycles. The Morgan fingerprint density at radius 2 is 1.87 bits per heavy atom. The van der Waals surface area contributed by atoms with Crippen LogP contribution < -0.4 is 4.72 Å². The van der Waals surface area contributed by atoms with E-state index in [2.05, 4.69) is 9.62 Å². The van der Waals surface area contributed by atoms with Gasteiger partial charge < -0.3 is 10.0 Å². The predicted octanol–water partition coefficient (Wildman–Crippen LogP) is -0.370. The van der Waals surface area contributed by atoms with Crippen LogP contribution in [0.25, 0.3) is 0 Å². The second-order valence-corrected chi connectivity index (χ2v) is 5.73. The molecule has 0 amide bonds. The van der Waals surface area contributed by atoms with Crippen LogP contribution in [0.3, 0.4) is 0 Å². The molecule has 0 unspecified atom stereocenters. The van der Waals surface area contributed by atoms with Gasteiger partial charge in [0.15, 0.2) is 0 Å². The van der Waals surface area contributed by atoms with Crippen LogP contribution in [0.1, 0.15) is 19.3 Å². The van der Waals surface area contributed by atoms with Crippen molar-refractivity contribution in [2.75, 3.05) is 39.5 Å². The van der Waals surface area contributed by atoms with E-state index in [9.17, 15) is 8.42 Å². The van der Waals surface area contributed by atoms with Gasteiger partial charge in [-0.25, -0.2) is 13.1 Å². The summed E-state index contributed by atoms with van der Waals surface area (Å²) >= 11 is 0. The van der Waals surface area contributed by atoms with Gasteiger partial charge in [0.25, 0.3) is 0 Å². The summed E-state index contributed by atoms with van der Waals surface area (Å²) in [6.07, 6.45) is 2.12. The number of nitrogens with zero attached hydrogens (tertiary/aromatic N) is 1. The third-order valence-electron chi connectivity index (χ3n) is 1.93. The van der Waals surface area contributed by atoms with E-state index < -0.39 is 10.0 Å². The number of hydrogen-bond donors (Lipinski definition) is 2. The van der Waals surface area contributed by atoms with E-state index in [1.165, 1.54) is 0 Å². The summed E-state index contributed by atoms with van der Waals surface area (Å²) in [6.45, 7) is 1.38. The Morgan fingerprint density at radius 1 is 1.20 bits per heavy atom. The van der Waals surface area contributed by atoms with Gasteiger partial charge in [-0.2, -0.15) is 0 Å². The highest BCUT2D eigenvalue weighted by Gasteiger charge is 2.07. The molecule has 0 aromatic rings. The van der Waals surface area contributed by atoms with E-state index in [0.29, 0.717) is 13.0 Å². The molecule has 0 heterocycles. The number of unbranched alkanes of at least 4 members (excludes halogenated alkanes) is 1. The Balaban J connectivity index is 3.49. The minimum atomic E-state index is -3.17. The monoisotopic (exact) mass is 238 g/mol. The standard InChI is InChI=1S/C9H22N2O3S/c1-11(2)7-4-3-6-10-15(13,14)9-5-8-12/h10,12H,3-9H2,1-2H3. The van der Waals surface area contributed by atoms with Crippen LogP contribution in [0, 0.1) is 0 Å². The van der Waals surface area contributed by atoms with E-state index in [-0.39, 0.29) is 12.4 Å². The van der Waals surface area contributed by atoms with E-state index in [0.717, 1.165) is 19.4 Å². The third-order valence-corrected chi connectivity index (χ3v) is 3.40. The first-order valence-corrected chi connectivity index (χ1v) is 6.86. The highest BCUT2D eigenvalue weighted by molar-refractivity contribution is 7.89. The predicted molar refractivity (Wildman–Crippen MR) is 61.3 cm³/mol. The van der Waals surface area contributed by atoms with Gasteiger partial charge in [0, 0.05) is 13.2 Å². The summed E-state index contributed by atoms with van der Waals surface area (Å²) in [5, 5.41) is 8.50. The SMILES string of the molecule is CN(C)CCCCNS(=O)(=O)CCCO. The normalized spacial score (nSPS) is 12.3. The van der Waals surface area contributed by atoms with Crippen LogP contribution in [0.5, 0.6) is 0 Å². The Bertz CT molecular complexity index is 240. The van der Waals surface area contributed by atoms with Gasteiger partial charge in [-0.3, -0.25) is 0 Å². The van der Waals surface area contributed by atoms with Crippen molar-refractivity contribution in [3.05, 3.63) is 0 Å². The number of hydrogen-bond acceptors (Lipinski definition) is 4. The lowest BCUT2D eigenvalue weighted by atomic mass is 10.3. The second-order valence-electron chi connectivity index (χ2n) is 3.80. The zero-order chi connectivity index (χ0) is 11.7.